The summed E-state index contributed by atoms with van der Waals surface area (Å²) in [5.41, 5.74) is 0.804. The molecule has 28 heavy (non-hydrogen) atoms. The van der Waals surface area contributed by atoms with E-state index >= 15 is 0 Å². The Morgan fingerprint density at radius 1 is 1.14 bits per heavy atom. The van der Waals surface area contributed by atoms with E-state index in [1.54, 1.807) is 0 Å². The summed E-state index contributed by atoms with van der Waals surface area (Å²) in [6, 6.07) is 13.1. The average molecular weight is 428 g/mol. The Morgan fingerprint density at radius 2 is 1.82 bits per heavy atom. The molecule has 9 heteroatoms. The second-order valence-electron chi connectivity index (χ2n) is 6.49. The fourth-order valence-corrected chi connectivity index (χ4v) is 4.31. The molecule has 1 amide bonds. The minimum Gasteiger partial charge on any atom is -0.351 e. The van der Waals surface area contributed by atoms with Crippen molar-refractivity contribution >= 4 is 28.3 Å². The number of carbonyl (C=O) groups is 1. The number of nitrogens with one attached hydrogen (secondary N) is 3. The van der Waals surface area contributed by atoms with E-state index in [0.29, 0.717) is 6.54 Å². The molecule has 6 nitrogen and oxygen atoms in total. The van der Waals surface area contributed by atoms with Gasteiger partial charge >= 0.3 is 0 Å². The Kier molecular flexibility index (Phi) is 7.94. The van der Waals surface area contributed by atoms with Gasteiger partial charge in [0.2, 0.25) is 15.9 Å². The first-order valence-electron chi connectivity index (χ1n) is 8.77. The van der Waals surface area contributed by atoms with E-state index in [1.165, 1.54) is 18.2 Å². The molecule has 1 aliphatic heterocycles. The first-order chi connectivity index (χ1) is 13.0. The van der Waals surface area contributed by atoms with Crippen LogP contribution in [-0.4, -0.2) is 39.5 Å². The van der Waals surface area contributed by atoms with Crippen molar-refractivity contribution in [2.24, 2.45) is 0 Å². The normalized spacial score (nSPS) is 17.5. The molecule has 1 fully saturated rings. The van der Waals surface area contributed by atoms with Crippen LogP contribution in [-0.2, 0) is 21.2 Å². The highest BCUT2D eigenvalue weighted by Crippen LogP contribution is 2.15. The minimum atomic E-state index is -4.19. The van der Waals surface area contributed by atoms with Crippen molar-refractivity contribution in [3.63, 3.8) is 0 Å². The number of sulfonamides is 1. The summed E-state index contributed by atoms with van der Waals surface area (Å²) in [5.74, 6) is -1.28. The van der Waals surface area contributed by atoms with Gasteiger partial charge in [-0.15, -0.1) is 12.4 Å². The molecule has 2 atom stereocenters. The molecule has 2 aromatic rings. The van der Waals surface area contributed by atoms with Crippen molar-refractivity contribution in [2.75, 3.05) is 13.1 Å². The van der Waals surface area contributed by atoms with Gasteiger partial charge in [0.05, 0.1) is 0 Å². The lowest BCUT2D eigenvalue weighted by atomic mass is 10.1. The number of hydrogen-bond donors (Lipinski definition) is 3. The number of amides is 1. The zero-order valence-corrected chi connectivity index (χ0v) is 16.7. The Hall–Kier alpha value is -2.00. The smallest absolute Gasteiger partial charge is 0.244 e. The van der Waals surface area contributed by atoms with Gasteiger partial charge in [0.15, 0.2) is 0 Å². The SMILES string of the molecule is Cl.O=C(NC1CCNC1)C(Cc1ccccc1)NS(=O)(=O)c1ccccc1F. The molecular weight excluding hydrogens is 405 g/mol. The zero-order valence-electron chi connectivity index (χ0n) is 15.1. The van der Waals surface area contributed by atoms with Gasteiger partial charge in [0.1, 0.15) is 16.8 Å². The number of halogens is 2. The zero-order chi connectivity index (χ0) is 19.3. The maximum absolute atomic E-state index is 14.0. The highest BCUT2D eigenvalue weighted by molar-refractivity contribution is 7.89. The van der Waals surface area contributed by atoms with Gasteiger partial charge in [-0.25, -0.2) is 12.8 Å². The summed E-state index contributed by atoms with van der Waals surface area (Å²) in [7, 11) is -4.19. The Balaban J connectivity index is 0.00000280. The van der Waals surface area contributed by atoms with Crippen molar-refractivity contribution in [2.45, 2.75) is 29.8 Å². The second-order valence-corrected chi connectivity index (χ2v) is 8.17. The van der Waals surface area contributed by atoms with Gasteiger partial charge in [0, 0.05) is 12.6 Å². The highest BCUT2D eigenvalue weighted by Gasteiger charge is 2.29. The summed E-state index contributed by atoms with van der Waals surface area (Å²) in [6.45, 7) is 1.44. The molecule has 0 radical (unpaired) electrons. The first-order valence-corrected chi connectivity index (χ1v) is 10.3. The molecule has 3 rings (SSSR count). The van der Waals surface area contributed by atoms with E-state index in [9.17, 15) is 17.6 Å². The standard InChI is InChI=1S/C19H22FN3O3S.ClH/c20-16-8-4-5-9-18(16)27(25,26)23-17(12-14-6-2-1-3-7-14)19(24)22-15-10-11-21-13-15;/h1-9,15,17,21,23H,10-13H2,(H,22,24);1H. The fraction of sp³-hybridized carbons (Fsp3) is 0.316. The van der Waals surface area contributed by atoms with Gasteiger partial charge in [-0.05, 0) is 37.1 Å². The largest absolute Gasteiger partial charge is 0.351 e. The maximum Gasteiger partial charge on any atom is 0.244 e. The van der Waals surface area contributed by atoms with Crippen LogP contribution in [0.2, 0.25) is 0 Å². The Labute approximate surface area is 170 Å². The maximum atomic E-state index is 14.0. The Morgan fingerprint density at radius 3 is 2.46 bits per heavy atom. The third-order valence-corrected chi connectivity index (χ3v) is 5.93. The molecule has 0 saturated carbocycles. The van der Waals surface area contributed by atoms with E-state index in [0.717, 1.165) is 24.6 Å². The van der Waals surface area contributed by atoms with Crippen molar-refractivity contribution in [3.8, 4) is 0 Å². The molecule has 0 spiro atoms. The summed E-state index contributed by atoms with van der Waals surface area (Å²) < 4.78 is 41.6. The predicted molar refractivity (Wildman–Crippen MR) is 107 cm³/mol. The molecule has 0 aliphatic carbocycles. The number of benzene rings is 2. The Bertz CT molecular complexity index is 890. The van der Waals surface area contributed by atoms with E-state index in [1.807, 2.05) is 30.3 Å². The van der Waals surface area contributed by atoms with E-state index in [2.05, 4.69) is 15.4 Å². The molecule has 2 aromatic carbocycles. The van der Waals surface area contributed by atoms with Gasteiger partial charge < -0.3 is 10.6 Å². The molecule has 2 unspecified atom stereocenters. The van der Waals surface area contributed by atoms with Crippen LogP contribution >= 0.6 is 12.4 Å². The fourth-order valence-electron chi connectivity index (χ4n) is 3.03. The van der Waals surface area contributed by atoms with E-state index < -0.39 is 32.7 Å². The van der Waals surface area contributed by atoms with Gasteiger partial charge in [-0.1, -0.05) is 42.5 Å². The lowest BCUT2D eigenvalue weighted by Crippen LogP contribution is -2.51. The molecule has 1 heterocycles. The average Bonchev–Trinajstić information content (AvgIpc) is 3.15. The van der Waals surface area contributed by atoms with Crippen LogP contribution in [0.3, 0.4) is 0 Å². The molecule has 0 bridgehead atoms. The molecule has 1 aliphatic rings. The summed E-state index contributed by atoms with van der Waals surface area (Å²) in [4.78, 5) is 12.3. The van der Waals surface area contributed by atoms with Crippen molar-refractivity contribution in [3.05, 3.63) is 66.0 Å². The van der Waals surface area contributed by atoms with E-state index in [4.69, 9.17) is 0 Å². The predicted octanol–water partition coefficient (Wildman–Crippen LogP) is 1.62. The number of rotatable bonds is 7. The van der Waals surface area contributed by atoms with Gasteiger partial charge in [-0.3, -0.25) is 4.79 Å². The van der Waals surface area contributed by atoms with E-state index in [-0.39, 0.29) is 24.9 Å². The first kappa shape index (κ1) is 22.3. The third kappa shape index (κ3) is 5.75. The van der Waals surface area contributed by atoms with Crippen LogP contribution in [0.1, 0.15) is 12.0 Å². The molecule has 3 N–H and O–H groups in total. The summed E-state index contributed by atoms with van der Waals surface area (Å²) >= 11 is 0. The molecule has 1 saturated heterocycles. The van der Waals surface area contributed by atoms with Crippen LogP contribution in [0.15, 0.2) is 59.5 Å². The summed E-state index contributed by atoms with van der Waals surface area (Å²) in [5, 5.41) is 6.01. The third-order valence-electron chi connectivity index (χ3n) is 4.43. The topological polar surface area (TPSA) is 87.3 Å². The van der Waals surface area contributed by atoms with Crippen LogP contribution in [0.25, 0.3) is 0 Å². The molecule has 152 valence electrons. The van der Waals surface area contributed by atoms with Crippen molar-refractivity contribution < 1.29 is 17.6 Å². The highest BCUT2D eigenvalue weighted by atomic mass is 35.5. The van der Waals surface area contributed by atoms with Gasteiger partial charge in [0.25, 0.3) is 0 Å². The van der Waals surface area contributed by atoms with Crippen LogP contribution in [0, 0.1) is 5.82 Å². The second kappa shape index (κ2) is 9.97. The lowest BCUT2D eigenvalue weighted by molar-refractivity contribution is -0.123. The summed E-state index contributed by atoms with van der Waals surface area (Å²) in [6.07, 6.45) is 0.949. The van der Waals surface area contributed by atoms with Crippen LogP contribution in [0.4, 0.5) is 4.39 Å². The molecular formula is C19H23ClFN3O3S. The number of hydrogen-bond acceptors (Lipinski definition) is 4. The number of carbonyl (C=O) groups excluding carboxylic acids is 1. The van der Waals surface area contributed by atoms with Crippen molar-refractivity contribution in [1.82, 2.24) is 15.4 Å². The van der Waals surface area contributed by atoms with Crippen LogP contribution < -0.4 is 15.4 Å². The van der Waals surface area contributed by atoms with Crippen molar-refractivity contribution in [1.29, 1.82) is 0 Å². The van der Waals surface area contributed by atoms with Crippen LogP contribution in [0.5, 0.6) is 0 Å². The lowest BCUT2D eigenvalue weighted by Gasteiger charge is -2.21. The quantitative estimate of drug-likeness (QED) is 0.626. The van der Waals surface area contributed by atoms with Gasteiger partial charge in [-0.2, -0.15) is 4.72 Å². The minimum absolute atomic E-state index is 0. The monoisotopic (exact) mass is 427 g/mol. The molecule has 0 aromatic heterocycles.